The lowest BCUT2D eigenvalue weighted by molar-refractivity contribution is 1.23. The van der Waals surface area contributed by atoms with E-state index in [1.54, 1.807) is 6.07 Å². The molecule has 0 amide bonds. The SMILES string of the molecule is S=C(Nc1ccc(N=Nc2ccccc2)cc1)Nc1ccc(Br)cc1Cl. The van der Waals surface area contributed by atoms with Crippen molar-refractivity contribution in [2.45, 2.75) is 0 Å². The number of thiocarbonyl (C=S) groups is 1. The van der Waals surface area contributed by atoms with Crippen molar-refractivity contribution >= 4 is 67.6 Å². The first-order valence-electron chi connectivity index (χ1n) is 7.70. The fourth-order valence-corrected chi connectivity index (χ4v) is 3.05. The van der Waals surface area contributed by atoms with Gasteiger partial charge in [0.25, 0.3) is 0 Å². The number of benzene rings is 3. The maximum Gasteiger partial charge on any atom is 0.175 e. The second kappa shape index (κ2) is 8.89. The Morgan fingerprint density at radius 1 is 0.846 bits per heavy atom. The molecule has 3 rings (SSSR count). The Labute approximate surface area is 170 Å². The van der Waals surface area contributed by atoms with Gasteiger partial charge in [0.2, 0.25) is 0 Å². The van der Waals surface area contributed by atoms with Gasteiger partial charge in [-0.05, 0) is 66.8 Å². The van der Waals surface area contributed by atoms with Gasteiger partial charge in [0, 0.05) is 10.2 Å². The van der Waals surface area contributed by atoms with Crippen LogP contribution in [0.2, 0.25) is 5.02 Å². The minimum atomic E-state index is 0.452. The van der Waals surface area contributed by atoms with Crippen molar-refractivity contribution in [2.75, 3.05) is 10.6 Å². The van der Waals surface area contributed by atoms with E-state index in [0.29, 0.717) is 10.1 Å². The van der Waals surface area contributed by atoms with Gasteiger partial charge in [-0.3, -0.25) is 0 Å². The van der Waals surface area contributed by atoms with Gasteiger partial charge in [0.15, 0.2) is 5.11 Å². The van der Waals surface area contributed by atoms with Gasteiger partial charge in [-0.15, -0.1) is 0 Å². The second-order valence-electron chi connectivity index (χ2n) is 5.29. The molecule has 0 atom stereocenters. The Morgan fingerprint density at radius 2 is 1.50 bits per heavy atom. The van der Waals surface area contributed by atoms with E-state index in [-0.39, 0.29) is 0 Å². The first-order chi connectivity index (χ1) is 12.6. The van der Waals surface area contributed by atoms with Crippen molar-refractivity contribution in [1.29, 1.82) is 0 Å². The van der Waals surface area contributed by atoms with E-state index in [1.807, 2.05) is 66.7 Å². The van der Waals surface area contributed by atoms with Gasteiger partial charge in [-0.1, -0.05) is 45.7 Å². The summed E-state index contributed by atoms with van der Waals surface area (Å²) in [5, 5.41) is 15.6. The lowest BCUT2D eigenvalue weighted by Gasteiger charge is -2.12. The molecule has 0 unspecified atom stereocenters. The number of rotatable bonds is 4. The summed E-state index contributed by atoms with van der Waals surface area (Å²) in [7, 11) is 0. The van der Waals surface area contributed by atoms with Gasteiger partial charge in [-0.25, -0.2) is 0 Å². The number of nitrogens with zero attached hydrogens (tertiary/aromatic N) is 2. The quantitative estimate of drug-likeness (QED) is 0.326. The van der Waals surface area contributed by atoms with Gasteiger partial charge >= 0.3 is 0 Å². The first-order valence-corrected chi connectivity index (χ1v) is 9.28. The Balaban J connectivity index is 1.60. The van der Waals surface area contributed by atoms with Crippen LogP contribution >= 0.6 is 39.7 Å². The molecule has 0 aromatic heterocycles. The van der Waals surface area contributed by atoms with E-state index in [1.165, 1.54) is 0 Å². The minimum absolute atomic E-state index is 0.452. The topological polar surface area (TPSA) is 48.8 Å². The predicted molar refractivity (Wildman–Crippen MR) is 116 cm³/mol. The summed E-state index contributed by atoms with van der Waals surface area (Å²) < 4.78 is 0.909. The van der Waals surface area contributed by atoms with E-state index in [0.717, 1.165) is 27.2 Å². The van der Waals surface area contributed by atoms with Crippen molar-refractivity contribution in [3.8, 4) is 0 Å². The van der Waals surface area contributed by atoms with Gasteiger partial charge in [0.1, 0.15) is 0 Å². The van der Waals surface area contributed by atoms with Gasteiger partial charge in [-0.2, -0.15) is 10.2 Å². The summed E-state index contributed by atoms with van der Waals surface area (Å²) in [6, 6.07) is 22.6. The zero-order chi connectivity index (χ0) is 18.4. The fourth-order valence-electron chi connectivity index (χ4n) is 2.10. The second-order valence-corrected chi connectivity index (χ2v) is 7.02. The van der Waals surface area contributed by atoms with Crippen LogP contribution in [0.3, 0.4) is 0 Å². The van der Waals surface area contributed by atoms with Crippen molar-refractivity contribution in [3.63, 3.8) is 0 Å². The maximum atomic E-state index is 6.18. The highest BCUT2D eigenvalue weighted by atomic mass is 79.9. The van der Waals surface area contributed by atoms with Crippen LogP contribution in [0, 0.1) is 0 Å². The predicted octanol–water partition coefficient (Wildman–Crippen LogP) is 7.33. The molecule has 3 aromatic carbocycles. The van der Waals surface area contributed by atoms with Gasteiger partial charge in [0.05, 0.1) is 22.1 Å². The number of anilines is 2. The minimum Gasteiger partial charge on any atom is -0.332 e. The molecule has 2 N–H and O–H groups in total. The van der Waals surface area contributed by atoms with Crippen LogP contribution in [-0.4, -0.2) is 5.11 Å². The van der Waals surface area contributed by atoms with Crippen LogP contribution in [0.4, 0.5) is 22.7 Å². The van der Waals surface area contributed by atoms with E-state index in [4.69, 9.17) is 23.8 Å². The molecular weight excluding hydrogens is 432 g/mol. The van der Waals surface area contributed by atoms with Crippen LogP contribution in [0.25, 0.3) is 0 Å². The Kier molecular flexibility index (Phi) is 6.33. The number of hydrogen-bond acceptors (Lipinski definition) is 3. The van der Waals surface area contributed by atoms with Gasteiger partial charge < -0.3 is 10.6 Å². The molecule has 7 heteroatoms. The van der Waals surface area contributed by atoms with E-state index in [9.17, 15) is 0 Å². The highest BCUT2D eigenvalue weighted by molar-refractivity contribution is 9.10. The number of halogens is 2. The summed E-state index contributed by atoms with van der Waals surface area (Å²) in [4.78, 5) is 0. The molecule has 0 fully saturated rings. The highest BCUT2D eigenvalue weighted by Crippen LogP contribution is 2.26. The van der Waals surface area contributed by atoms with Crippen molar-refractivity contribution in [1.82, 2.24) is 0 Å². The Morgan fingerprint density at radius 3 is 2.15 bits per heavy atom. The van der Waals surface area contributed by atoms with E-state index < -0.39 is 0 Å². The number of hydrogen-bond donors (Lipinski definition) is 2. The van der Waals surface area contributed by atoms with Crippen molar-refractivity contribution in [3.05, 3.63) is 82.3 Å². The zero-order valence-electron chi connectivity index (χ0n) is 13.5. The van der Waals surface area contributed by atoms with Crippen LogP contribution in [0.5, 0.6) is 0 Å². The molecule has 4 nitrogen and oxygen atoms in total. The maximum absolute atomic E-state index is 6.18. The lowest BCUT2D eigenvalue weighted by Crippen LogP contribution is -2.19. The monoisotopic (exact) mass is 444 g/mol. The Bertz CT molecular complexity index is 930. The molecular formula is C19H14BrClN4S. The molecule has 0 spiro atoms. The summed E-state index contributed by atoms with van der Waals surface area (Å²) in [6.45, 7) is 0. The van der Waals surface area contributed by atoms with E-state index >= 15 is 0 Å². The van der Waals surface area contributed by atoms with Crippen molar-refractivity contribution < 1.29 is 0 Å². The largest absolute Gasteiger partial charge is 0.332 e. The van der Waals surface area contributed by atoms with Crippen molar-refractivity contribution in [2.24, 2.45) is 10.2 Å². The zero-order valence-corrected chi connectivity index (χ0v) is 16.6. The molecule has 0 radical (unpaired) electrons. The molecule has 130 valence electrons. The third kappa shape index (κ3) is 5.36. The molecule has 0 aliphatic carbocycles. The van der Waals surface area contributed by atoms with E-state index in [2.05, 4.69) is 36.8 Å². The number of nitrogens with one attached hydrogen (secondary N) is 2. The highest BCUT2D eigenvalue weighted by Gasteiger charge is 2.04. The average molecular weight is 446 g/mol. The fraction of sp³-hybridized carbons (Fsp3) is 0. The molecule has 0 aliphatic heterocycles. The van der Waals surface area contributed by atoms with Crippen LogP contribution in [0.1, 0.15) is 0 Å². The molecule has 3 aromatic rings. The molecule has 0 saturated heterocycles. The standard InChI is InChI=1S/C19H14BrClN4S/c20-13-6-11-18(17(21)12-13)23-19(26)22-14-7-9-16(10-8-14)25-24-15-4-2-1-3-5-15/h1-12H,(H2,22,23,26). The normalized spacial score (nSPS) is 10.7. The molecule has 0 saturated carbocycles. The summed E-state index contributed by atoms with van der Waals surface area (Å²) in [6.07, 6.45) is 0. The van der Waals surface area contributed by atoms with Crippen LogP contribution in [0.15, 0.2) is 87.5 Å². The smallest absolute Gasteiger partial charge is 0.175 e. The summed E-state index contributed by atoms with van der Waals surface area (Å²) >= 11 is 14.9. The van der Waals surface area contributed by atoms with Crippen LogP contribution < -0.4 is 10.6 Å². The number of azo groups is 1. The third-order valence-electron chi connectivity index (χ3n) is 3.34. The average Bonchev–Trinajstić information content (AvgIpc) is 2.64. The first kappa shape index (κ1) is 18.5. The molecule has 0 aliphatic rings. The molecule has 26 heavy (non-hydrogen) atoms. The lowest BCUT2D eigenvalue weighted by atomic mass is 10.3. The Hall–Kier alpha value is -2.28. The molecule has 0 heterocycles. The summed E-state index contributed by atoms with van der Waals surface area (Å²) in [5.74, 6) is 0. The summed E-state index contributed by atoms with van der Waals surface area (Å²) in [5.41, 5.74) is 3.15. The third-order valence-corrected chi connectivity index (χ3v) is 4.35. The molecule has 0 bridgehead atoms. The van der Waals surface area contributed by atoms with Crippen LogP contribution in [-0.2, 0) is 0 Å².